The van der Waals surface area contributed by atoms with Gasteiger partial charge in [0.1, 0.15) is 11.4 Å². The first-order valence-electron chi connectivity index (χ1n) is 6.80. The second-order valence-electron chi connectivity index (χ2n) is 4.62. The number of amides is 2. The van der Waals surface area contributed by atoms with E-state index in [2.05, 4.69) is 15.7 Å². The highest BCUT2D eigenvalue weighted by Crippen LogP contribution is 2.14. The number of nitrogens with one attached hydrogen (secondary N) is 2. The minimum atomic E-state index is -0.253. The van der Waals surface area contributed by atoms with Crippen molar-refractivity contribution in [1.29, 1.82) is 0 Å². The monoisotopic (exact) mass is 302 g/mol. The molecule has 0 saturated heterocycles. The fourth-order valence-electron chi connectivity index (χ4n) is 1.87. The average molecular weight is 302 g/mol. The second kappa shape index (κ2) is 7.26. The summed E-state index contributed by atoms with van der Waals surface area (Å²) in [5, 5.41) is 9.35. The van der Waals surface area contributed by atoms with Gasteiger partial charge in [-0.3, -0.25) is 14.3 Å². The molecule has 116 valence electrons. The number of rotatable bonds is 6. The van der Waals surface area contributed by atoms with E-state index in [-0.39, 0.29) is 24.8 Å². The number of methoxy groups -OCH3 is 1. The van der Waals surface area contributed by atoms with Gasteiger partial charge in [0.05, 0.1) is 7.11 Å². The Morgan fingerprint density at radius 2 is 1.95 bits per heavy atom. The Hall–Kier alpha value is -2.83. The summed E-state index contributed by atoms with van der Waals surface area (Å²) in [6.07, 6.45) is 1.74. The van der Waals surface area contributed by atoms with Crippen molar-refractivity contribution in [2.24, 2.45) is 7.05 Å². The molecule has 0 spiro atoms. The van der Waals surface area contributed by atoms with Gasteiger partial charge in [0.15, 0.2) is 0 Å². The summed E-state index contributed by atoms with van der Waals surface area (Å²) in [5.41, 5.74) is 1.14. The number of anilines is 1. The average Bonchev–Trinajstić information content (AvgIpc) is 2.94. The molecule has 2 rings (SSSR count). The molecular weight excluding hydrogens is 284 g/mol. The number of hydrogen-bond donors (Lipinski definition) is 2. The van der Waals surface area contributed by atoms with Crippen LogP contribution in [0.4, 0.5) is 5.69 Å². The number of ether oxygens (including phenoxy) is 1. The van der Waals surface area contributed by atoms with Crippen molar-refractivity contribution in [3.05, 3.63) is 42.2 Å². The first-order chi connectivity index (χ1) is 10.6. The van der Waals surface area contributed by atoms with Crippen molar-refractivity contribution in [2.75, 3.05) is 19.0 Å². The quantitative estimate of drug-likeness (QED) is 0.839. The molecule has 0 fully saturated rings. The van der Waals surface area contributed by atoms with Crippen LogP contribution in [-0.2, 0) is 11.8 Å². The molecule has 7 nitrogen and oxygen atoms in total. The maximum Gasteiger partial charge on any atom is 0.269 e. The highest BCUT2D eigenvalue weighted by atomic mass is 16.5. The SMILES string of the molecule is COc1ccc(NC(=O)CCNC(=O)c2ccnn2C)cc1. The normalized spacial score (nSPS) is 10.1. The Balaban J connectivity index is 1.75. The van der Waals surface area contributed by atoms with Gasteiger partial charge in [0.25, 0.3) is 5.91 Å². The topological polar surface area (TPSA) is 85.2 Å². The van der Waals surface area contributed by atoms with Crippen molar-refractivity contribution in [2.45, 2.75) is 6.42 Å². The molecule has 7 heteroatoms. The molecule has 0 saturated carbocycles. The number of carbonyl (C=O) groups excluding carboxylic acids is 2. The van der Waals surface area contributed by atoms with Gasteiger partial charge in [-0.2, -0.15) is 5.10 Å². The summed E-state index contributed by atoms with van der Waals surface area (Å²) in [4.78, 5) is 23.6. The minimum absolute atomic E-state index is 0.171. The van der Waals surface area contributed by atoms with Crippen LogP contribution in [0.3, 0.4) is 0 Å². The molecule has 0 atom stereocenters. The van der Waals surface area contributed by atoms with Gasteiger partial charge in [0.2, 0.25) is 5.91 Å². The van der Waals surface area contributed by atoms with Crippen molar-refractivity contribution in [3.63, 3.8) is 0 Å². The van der Waals surface area contributed by atoms with Crippen LogP contribution >= 0.6 is 0 Å². The molecule has 2 N–H and O–H groups in total. The van der Waals surface area contributed by atoms with E-state index in [1.54, 1.807) is 50.7 Å². The molecule has 2 amide bonds. The van der Waals surface area contributed by atoms with Crippen LogP contribution in [0.1, 0.15) is 16.9 Å². The minimum Gasteiger partial charge on any atom is -0.497 e. The zero-order valence-corrected chi connectivity index (χ0v) is 12.5. The lowest BCUT2D eigenvalue weighted by Crippen LogP contribution is -2.29. The molecule has 22 heavy (non-hydrogen) atoms. The Labute approximate surface area is 128 Å². The van der Waals surface area contributed by atoms with Gasteiger partial charge in [-0.15, -0.1) is 0 Å². The number of benzene rings is 1. The molecular formula is C15H18N4O3. The predicted octanol–water partition coefficient (Wildman–Crippen LogP) is 1.19. The van der Waals surface area contributed by atoms with Crippen LogP contribution in [-0.4, -0.2) is 35.2 Å². The molecule has 0 aliphatic rings. The van der Waals surface area contributed by atoms with Crippen LogP contribution in [0, 0.1) is 0 Å². The first-order valence-corrected chi connectivity index (χ1v) is 6.80. The highest BCUT2D eigenvalue weighted by molar-refractivity contribution is 5.94. The van der Waals surface area contributed by atoms with Crippen molar-refractivity contribution < 1.29 is 14.3 Å². The van der Waals surface area contributed by atoms with E-state index in [0.717, 1.165) is 5.75 Å². The fraction of sp³-hybridized carbons (Fsp3) is 0.267. The van der Waals surface area contributed by atoms with Gasteiger partial charge in [-0.05, 0) is 30.3 Å². The van der Waals surface area contributed by atoms with Crippen LogP contribution in [0.15, 0.2) is 36.5 Å². The van der Waals surface area contributed by atoms with E-state index in [4.69, 9.17) is 4.74 Å². The van der Waals surface area contributed by atoms with E-state index in [1.165, 1.54) is 4.68 Å². The predicted molar refractivity (Wildman–Crippen MR) is 81.8 cm³/mol. The van der Waals surface area contributed by atoms with Gasteiger partial charge < -0.3 is 15.4 Å². The molecule has 0 aliphatic carbocycles. The molecule has 0 radical (unpaired) electrons. The zero-order chi connectivity index (χ0) is 15.9. The summed E-state index contributed by atoms with van der Waals surface area (Å²) in [7, 11) is 3.27. The Morgan fingerprint density at radius 3 is 2.55 bits per heavy atom. The fourth-order valence-corrected chi connectivity index (χ4v) is 1.87. The van der Waals surface area contributed by atoms with E-state index in [9.17, 15) is 9.59 Å². The Morgan fingerprint density at radius 1 is 1.23 bits per heavy atom. The molecule has 0 aliphatic heterocycles. The van der Waals surface area contributed by atoms with Crippen LogP contribution in [0.2, 0.25) is 0 Å². The Bertz CT molecular complexity index is 649. The van der Waals surface area contributed by atoms with E-state index in [1.807, 2.05) is 0 Å². The largest absolute Gasteiger partial charge is 0.497 e. The lowest BCUT2D eigenvalue weighted by molar-refractivity contribution is -0.116. The maximum absolute atomic E-state index is 11.8. The lowest BCUT2D eigenvalue weighted by Gasteiger charge is -2.07. The van der Waals surface area contributed by atoms with Crippen molar-refractivity contribution in [3.8, 4) is 5.75 Å². The highest BCUT2D eigenvalue weighted by Gasteiger charge is 2.10. The van der Waals surface area contributed by atoms with Crippen LogP contribution < -0.4 is 15.4 Å². The van der Waals surface area contributed by atoms with Crippen molar-refractivity contribution in [1.82, 2.24) is 15.1 Å². The van der Waals surface area contributed by atoms with Gasteiger partial charge in [-0.25, -0.2) is 0 Å². The lowest BCUT2D eigenvalue weighted by atomic mass is 10.3. The third kappa shape index (κ3) is 4.08. The summed E-state index contributed by atoms with van der Waals surface area (Å²) < 4.78 is 6.52. The number of hydrogen-bond acceptors (Lipinski definition) is 4. The van der Waals surface area contributed by atoms with Crippen LogP contribution in [0.25, 0.3) is 0 Å². The van der Waals surface area contributed by atoms with E-state index in [0.29, 0.717) is 11.4 Å². The number of carbonyl (C=O) groups is 2. The van der Waals surface area contributed by atoms with E-state index < -0.39 is 0 Å². The van der Waals surface area contributed by atoms with Gasteiger partial charge in [-0.1, -0.05) is 0 Å². The summed E-state index contributed by atoms with van der Waals surface area (Å²) >= 11 is 0. The molecule has 0 bridgehead atoms. The third-order valence-electron chi connectivity index (χ3n) is 3.06. The Kier molecular flexibility index (Phi) is 5.13. The molecule has 1 aromatic carbocycles. The molecule has 2 aromatic rings. The summed E-state index contributed by atoms with van der Waals surface area (Å²) in [6, 6.07) is 8.66. The summed E-state index contributed by atoms with van der Waals surface area (Å²) in [6.45, 7) is 0.256. The standard InChI is InChI=1S/C15H18N4O3/c1-19-13(7-10-17-19)15(21)16-9-8-14(20)18-11-3-5-12(22-2)6-4-11/h3-7,10H,8-9H2,1-2H3,(H,16,21)(H,18,20). The zero-order valence-electron chi connectivity index (χ0n) is 12.5. The third-order valence-corrected chi connectivity index (χ3v) is 3.06. The smallest absolute Gasteiger partial charge is 0.269 e. The number of aryl methyl sites for hydroxylation is 1. The number of nitrogens with zero attached hydrogens (tertiary/aromatic N) is 2. The van der Waals surface area contributed by atoms with Gasteiger partial charge in [0, 0.05) is 31.9 Å². The van der Waals surface area contributed by atoms with E-state index >= 15 is 0 Å². The molecule has 0 unspecified atom stereocenters. The first kappa shape index (κ1) is 15.6. The van der Waals surface area contributed by atoms with Gasteiger partial charge >= 0.3 is 0 Å². The molecule has 1 aromatic heterocycles. The van der Waals surface area contributed by atoms with Crippen LogP contribution in [0.5, 0.6) is 5.75 Å². The number of aromatic nitrogens is 2. The second-order valence-corrected chi connectivity index (χ2v) is 4.62. The van der Waals surface area contributed by atoms with Crippen molar-refractivity contribution >= 4 is 17.5 Å². The molecule has 1 heterocycles. The maximum atomic E-state index is 11.8. The summed E-state index contributed by atoms with van der Waals surface area (Å²) in [5.74, 6) is 0.300.